The third-order valence-corrected chi connectivity index (χ3v) is 3.24. The molecule has 0 fully saturated rings. The van der Waals surface area contributed by atoms with Crippen molar-refractivity contribution in [1.29, 1.82) is 0 Å². The fourth-order valence-corrected chi connectivity index (χ4v) is 2.26. The zero-order valence-electron chi connectivity index (χ0n) is 11.8. The van der Waals surface area contributed by atoms with E-state index in [1.54, 1.807) is 0 Å². The Balaban J connectivity index is 2.59. The lowest BCUT2D eigenvalue weighted by Crippen LogP contribution is -2.51. The highest BCUT2D eigenvalue weighted by molar-refractivity contribution is 6.04. The van der Waals surface area contributed by atoms with Crippen molar-refractivity contribution in [3.63, 3.8) is 0 Å². The maximum absolute atomic E-state index is 12.1. The average Bonchev–Trinajstić information content (AvgIpc) is 2.46. The maximum atomic E-state index is 12.1. The summed E-state index contributed by atoms with van der Waals surface area (Å²) in [5.41, 5.74) is 1.75. The van der Waals surface area contributed by atoms with E-state index in [0.717, 1.165) is 5.56 Å². The zero-order chi connectivity index (χ0) is 14.7. The molecule has 1 aliphatic heterocycles. The van der Waals surface area contributed by atoms with E-state index >= 15 is 0 Å². The van der Waals surface area contributed by atoms with Gasteiger partial charge in [0.05, 0.1) is 24.4 Å². The van der Waals surface area contributed by atoms with Crippen LogP contribution in [0.5, 0.6) is 0 Å². The highest BCUT2D eigenvalue weighted by Gasteiger charge is 2.34. The maximum Gasteiger partial charge on any atom is 0.337 e. The fourth-order valence-electron chi connectivity index (χ4n) is 2.26. The standard InChI is InChI=1S/C15H18N2O3/c1-9(2)12-11(14(18)20-3)13(17-15(19)16-12)10-7-5-4-6-8-10/h4-9,12H,1-3H3,(H2,16,17,19). The minimum absolute atomic E-state index is 0.0777. The molecule has 5 nitrogen and oxygen atoms in total. The molecule has 0 aromatic heterocycles. The van der Waals surface area contributed by atoms with Crippen LogP contribution in [0.4, 0.5) is 4.79 Å². The van der Waals surface area contributed by atoms with Crippen molar-refractivity contribution in [2.24, 2.45) is 5.92 Å². The second-order valence-corrected chi connectivity index (χ2v) is 4.97. The van der Waals surface area contributed by atoms with Gasteiger partial charge in [-0.1, -0.05) is 44.2 Å². The molecule has 2 N–H and O–H groups in total. The Kier molecular flexibility index (Phi) is 4.08. The van der Waals surface area contributed by atoms with Crippen molar-refractivity contribution >= 4 is 17.7 Å². The van der Waals surface area contributed by atoms with Gasteiger partial charge in [0.25, 0.3) is 0 Å². The van der Waals surface area contributed by atoms with Crippen molar-refractivity contribution in [2.45, 2.75) is 19.9 Å². The van der Waals surface area contributed by atoms with Crippen LogP contribution in [0.3, 0.4) is 0 Å². The summed E-state index contributed by atoms with van der Waals surface area (Å²) in [5.74, 6) is -0.357. The first-order chi connectivity index (χ1) is 9.54. The van der Waals surface area contributed by atoms with Gasteiger partial charge in [-0.2, -0.15) is 0 Å². The van der Waals surface area contributed by atoms with Gasteiger partial charge in [-0.25, -0.2) is 9.59 Å². The summed E-state index contributed by atoms with van der Waals surface area (Å²) in [7, 11) is 1.34. The summed E-state index contributed by atoms with van der Waals surface area (Å²) < 4.78 is 4.87. The first kappa shape index (κ1) is 14.1. The zero-order valence-corrected chi connectivity index (χ0v) is 11.8. The molecule has 1 unspecified atom stereocenters. The van der Waals surface area contributed by atoms with Crippen LogP contribution in [0.2, 0.25) is 0 Å². The van der Waals surface area contributed by atoms with Crippen LogP contribution in [-0.4, -0.2) is 25.2 Å². The van der Waals surface area contributed by atoms with Crippen LogP contribution < -0.4 is 10.6 Å². The van der Waals surface area contributed by atoms with E-state index in [-0.39, 0.29) is 18.0 Å². The van der Waals surface area contributed by atoms with Gasteiger partial charge in [0.2, 0.25) is 0 Å². The van der Waals surface area contributed by atoms with Gasteiger partial charge in [0, 0.05) is 0 Å². The van der Waals surface area contributed by atoms with Gasteiger partial charge in [-0.15, -0.1) is 0 Å². The monoisotopic (exact) mass is 274 g/mol. The quantitative estimate of drug-likeness (QED) is 0.827. The van der Waals surface area contributed by atoms with Crippen LogP contribution in [0.15, 0.2) is 35.9 Å². The molecule has 1 aromatic carbocycles. The number of amides is 2. The Bertz CT molecular complexity index is 549. The highest BCUT2D eigenvalue weighted by Crippen LogP contribution is 2.26. The number of benzene rings is 1. The van der Waals surface area contributed by atoms with Crippen LogP contribution in [0.25, 0.3) is 5.70 Å². The minimum atomic E-state index is -0.435. The first-order valence-corrected chi connectivity index (χ1v) is 6.50. The molecule has 1 aliphatic rings. The number of hydrogen-bond acceptors (Lipinski definition) is 3. The van der Waals surface area contributed by atoms with E-state index in [2.05, 4.69) is 10.6 Å². The Morgan fingerprint density at radius 2 is 1.90 bits per heavy atom. The van der Waals surface area contributed by atoms with Crippen molar-refractivity contribution in [2.75, 3.05) is 7.11 Å². The van der Waals surface area contributed by atoms with Crippen molar-refractivity contribution in [3.8, 4) is 0 Å². The first-order valence-electron chi connectivity index (χ1n) is 6.50. The molecule has 1 atom stereocenters. The molecule has 106 valence electrons. The van der Waals surface area contributed by atoms with Crippen LogP contribution in [0.1, 0.15) is 19.4 Å². The van der Waals surface area contributed by atoms with E-state index in [1.165, 1.54) is 7.11 Å². The molecule has 0 spiro atoms. The van der Waals surface area contributed by atoms with E-state index in [1.807, 2.05) is 44.2 Å². The lowest BCUT2D eigenvalue weighted by molar-refractivity contribution is -0.136. The smallest absolute Gasteiger partial charge is 0.337 e. The molecule has 5 heteroatoms. The van der Waals surface area contributed by atoms with Gasteiger partial charge in [0.15, 0.2) is 0 Å². The Morgan fingerprint density at radius 1 is 1.25 bits per heavy atom. The number of carbonyl (C=O) groups is 2. The fraction of sp³-hybridized carbons (Fsp3) is 0.333. The Morgan fingerprint density at radius 3 is 2.45 bits per heavy atom. The largest absolute Gasteiger partial charge is 0.466 e. The number of ether oxygens (including phenoxy) is 1. The Labute approximate surface area is 118 Å². The second kappa shape index (κ2) is 5.77. The third-order valence-electron chi connectivity index (χ3n) is 3.24. The van der Waals surface area contributed by atoms with Gasteiger partial charge in [-0.3, -0.25) is 0 Å². The average molecular weight is 274 g/mol. The Hall–Kier alpha value is -2.30. The predicted molar refractivity (Wildman–Crippen MR) is 75.7 cm³/mol. The van der Waals surface area contributed by atoms with Gasteiger partial charge < -0.3 is 15.4 Å². The number of methoxy groups -OCH3 is 1. The van der Waals surface area contributed by atoms with Crippen molar-refractivity contribution in [1.82, 2.24) is 10.6 Å². The summed E-state index contributed by atoms with van der Waals surface area (Å²) in [6, 6.07) is 8.61. The molecule has 0 bridgehead atoms. The number of esters is 1. The number of urea groups is 1. The summed E-state index contributed by atoms with van der Waals surface area (Å²) in [4.78, 5) is 23.9. The topological polar surface area (TPSA) is 67.4 Å². The summed E-state index contributed by atoms with van der Waals surface area (Å²) in [6.07, 6.45) is 0. The molecule has 0 saturated heterocycles. The molecule has 0 saturated carbocycles. The van der Waals surface area contributed by atoms with Crippen LogP contribution >= 0.6 is 0 Å². The van der Waals surface area contributed by atoms with E-state index in [9.17, 15) is 9.59 Å². The molecule has 0 aliphatic carbocycles. The molecule has 20 heavy (non-hydrogen) atoms. The molecule has 2 amide bonds. The molecule has 2 rings (SSSR count). The number of carbonyl (C=O) groups excluding carboxylic acids is 2. The normalized spacial score (nSPS) is 18.6. The molecule has 1 heterocycles. The number of rotatable bonds is 3. The lowest BCUT2D eigenvalue weighted by atomic mass is 9.90. The molecular formula is C15H18N2O3. The van der Waals surface area contributed by atoms with Gasteiger partial charge in [-0.05, 0) is 11.5 Å². The van der Waals surface area contributed by atoms with Crippen molar-refractivity contribution in [3.05, 3.63) is 41.5 Å². The lowest BCUT2D eigenvalue weighted by Gasteiger charge is -2.31. The molecule has 0 radical (unpaired) electrons. The summed E-state index contributed by atoms with van der Waals surface area (Å²) in [6.45, 7) is 3.89. The third kappa shape index (κ3) is 2.66. The van der Waals surface area contributed by atoms with E-state index in [0.29, 0.717) is 11.3 Å². The summed E-state index contributed by atoms with van der Waals surface area (Å²) >= 11 is 0. The molecular weight excluding hydrogens is 256 g/mol. The van der Waals surface area contributed by atoms with Gasteiger partial charge >= 0.3 is 12.0 Å². The SMILES string of the molecule is COC(=O)C1=C(c2ccccc2)NC(=O)NC1C(C)C. The number of hydrogen-bond donors (Lipinski definition) is 2. The highest BCUT2D eigenvalue weighted by atomic mass is 16.5. The van der Waals surface area contributed by atoms with E-state index in [4.69, 9.17) is 4.74 Å². The van der Waals surface area contributed by atoms with Crippen molar-refractivity contribution < 1.29 is 14.3 Å². The van der Waals surface area contributed by atoms with Crippen LogP contribution in [0, 0.1) is 5.92 Å². The van der Waals surface area contributed by atoms with Crippen LogP contribution in [-0.2, 0) is 9.53 Å². The summed E-state index contributed by atoms with van der Waals surface area (Å²) in [5, 5.41) is 5.48. The van der Waals surface area contributed by atoms with Gasteiger partial charge in [0.1, 0.15) is 0 Å². The molecule has 1 aromatic rings. The number of nitrogens with one attached hydrogen (secondary N) is 2. The predicted octanol–water partition coefficient (Wildman–Crippen LogP) is 1.91. The second-order valence-electron chi connectivity index (χ2n) is 4.97. The van der Waals surface area contributed by atoms with E-state index < -0.39 is 5.97 Å². The minimum Gasteiger partial charge on any atom is -0.466 e.